The molecule has 0 unspecified atom stereocenters. The van der Waals surface area contributed by atoms with Gasteiger partial charge in [-0.2, -0.15) is 0 Å². The number of halogens is 1. The van der Waals surface area contributed by atoms with E-state index in [4.69, 9.17) is 15.6 Å². The standard InChI is InChI=1S/C13H15FN2O5/c1-21-9-4-2-3-7(14)11(9)12(18)16-8(13(19)20)5-6-10(15)17/h2-4,8H,5-6H2,1H3,(H2,15,17)(H,16,18)(H,19,20)/t8-/m1/s1. The van der Waals surface area contributed by atoms with Crippen LogP contribution in [0.2, 0.25) is 0 Å². The van der Waals surface area contributed by atoms with E-state index in [0.717, 1.165) is 6.07 Å². The third-order valence-electron chi connectivity index (χ3n) is 2.71. The summed E-state index contributed by atoms with van der Waals surface area (Å²) in [5.74, 6) is -3.85. The SMILES string of the molecule is COc1cccc(F)c1C(=O)N[C@H](CCC(N)=O)C(=O)O. The van der Waals surface area contributed by atoms with E-state index in [2.05, 4.69) is 5.32 Å². The second-order valence-corrected chi connectivity index (χ2v) is 4.19. The fraction of sp³-hybridized carbons (Fsp3) is 0.308. The van der Waals surface area contributed by atoms with Crippen molar-refractivity contribution in [3.05, 3.63) is 29.6 Å². The zero-order valence-electron chi connectivity index (χ0n) is 11.3. The molecule has 0 aliphatic rings. The Morgan fingerprint density at radius 2 is 2.10 bits per heavy atom. The second kappa shape index (κ2) is 7.22. The van der Waals surface area contributed by atoms with Crippen LogP contribution < -0.4 is 15.8 Å². The lowest BCUT2D eigenvalue weighted by Gasteiger charge is -2.15. The van der Waals surface area contributed by atoms with Gasteiger partial charge in [0.05, 0.1) is 7.11 Å². The summed E-state index contributed by atoms with van der Waals surface area (Å²) in [5.41, 5.74) is 4.53. The Morgan fingerprint density at radius 3 is 2.62 bits per heavy atom. The third kappa shape index (κ3) is 4.44. The number of carbonyl (C=O) groups is 3. The maximum Gasteiger partial charge on any atom is 0.326 e. The number of benzene rings is 1. The normalized spacial score (nSPS) is 11.5. The Hall–Kier alpha value is -2.64. The lowest BCUT2D eigenvalue weighted by Crippen LogP contribution is -2.41. The van der Waals surface area contributed by atoms with Gasteiger partial charge in [0.25, 0.3) is 5.91 Å². The molecule has 2 amide bonds. The number of methoxy groups -OCH3 is 1. The summed E-state index contributed by atoms with van der Waals surface area (Å²) in [6.07, 6.45) is -0.404. The molecule has 1 rings (SSSR count). The van der Waals surface area contributed by atoms with Gasteiger partial charge in [-0.05, 0) is 18.6 Å². The summed E-state index contributed by atoms with van der Waals surface area (Å²) in [6.45, 7) is 0. The van der Waals surface area contributed by atoms with Gasteiger partial charge < -0.3 is 20.9 Å². The van der Waals surface area contributed by atoms with E-state index in [-0.39, 0.29) is 18.6 Å². The molecule has 0 aliphatic heterocycles. The molecule has 7 nitrogen and oxygen atoms in total. The van der Waals surface area contributed by atoms with Crippen molar-refractivity contribution in [3.8, 4) is 5.75 Å². The van der Waals surface area contributed by atoms with Gasteiger partial charge in [0, 0.05) is 6.42 Å². The van der Waals surface area contributed by atoms with Gasteiger partial charge in [0.15, 0.2) is 0 Å². The highest BCUT2D eigenvalue weighted by atomic mass is 19.1. The molecule has 0 bridgehead atoms. The zero-order valence-corrected chi connectivity index (χ0v) is 11.3. The van der Waals surface area contributed by atoms with E-state index in [0.29, 0.717) is 0 Å². The molecule has 0 fully saturated rings. The molecule has 0 saturated heterocycles. The number of carboxylic acid groups (broad SMARTS) is 1. The van der Waals surface area contributed by atoms with Crippen molar-refractivity contribution in [3.63, 3.8) is 0 Å². The van der Waals surface area contributed by atoms with E-state index in [9.17, 15) is 18.8 Å². The number of nitrogens with one attached hydrogen (secondary N) is 1. The van der Waals surface area contributed by atoms with Crippen molar-refractivity contribution in [1.29, 1.82) is 0 Å². The quantitative estimate of drug-likeness (QED) is 0.668. The molecule has 0 heterocycles. The Morgan fingerprint density at radius 1 is 1.43 bits per heavy atom. The number of carbonyl (C=O) groups excluding carboxylic acids is 2. The Bertz CT molecular complexity index is 561. The largest absolute Gasteiger partial charge is 0.496 e. The molecule has 4 N–H and O–H groups in total. The first kappa shape index (κ1) is 16.4. The first-order valence-electron chi connectivity index (χ1n) is 6.01. The first-order chi connectivity index (χ1) is 9.86. The van der Waals surface area contributed by atoms with Crippen LogP contribution in [0.5, 0.6) is 5.75 Å². The Kier molecular flexibility index (Phi) is 5.65. The Balaban J connectivity index is 2.92. The molecular weight excluding hydrogens is 283 g/mol. The number of nitrogens with two attached hydrogens (primary N) is 1. The van der Waals surface area contributed by atoms with Gasteiger partial charge in [0.1, 0.15) is 23.2 Å². The summed E-state index contributed by atoms with van der Waals surface area (Å²) in [4.78, 5) is 33.7. The van der Waals surface area contributed by atoms with Gasteiger partial charge in [0.2, 0.25) is 5.91 Å². The monoisotopic (exact) mass is 298 g/mol. The van der Waals surface area contributed by atoms with E-state index >= 15 is 0 Å². The highest BCUT2D eigenvalue weighted by molar-refractivity contribution is 5.99. The van der Waals surface area contributed by atoms with Crippen LogP contribution in [0.3, 0.4) is 0 Å². The summed E-state index contributed by atoms with van der Waals surface area (Å²) >= 11 is 0. The predicted octanol–water partition coefficient (Wildman–Crippen LogP) is 0.283. The molecule has 0 spiro atoms. The molecule has 114 valence electrons. The number of hydrogen-bond acceptors (Lipinski definition) is 4. The average Bonchev–Trinajstić information content (AvgIpc) is 2.42. The average molecular weight is 298 g/mol. The van der Waals surface area contributed by atoms with Crippen LogP contribution in [0.1, 0.15) is 23.2 Å². The summed E-state index contributed by atoms with van der Waals surface area (Å²) in [6, 6.07) is 2.43. The summed E-state index contributed by atoms with van der Waals surface area (Å²) in [7, 11) is 1.26. The molecular formula is C13H15FN2O5. The fourth-order valence-electron chi connectivity index (χ4n) is 1.67. The number of hydrogen-bond donors (Lipinski definition) is 3. The highest BCUT2D eigenvalue weighted by Crippen LogP contribution is 2.21. The molecule has 1 atom stereocenters. The van der Waals surface area contributed by atoms with Crippen molar-refractivity contribution < 1.29 is 28.6 Å². The smallest absolute Gasteiger partial charge is 0.326 e. The molecule has 0 aliphatic carbocycles. The summed E-state index contributed by atoms with van der Waals surface area (Å²) in [5, 5.41) is 11.1. The third-order valence-corrected chi connectivity index (χ3v) is 2.71. The summed E-state index contributed by atoms with van der Waals surface area (Å²) < 4.78 is 18.6. The lowest BCUT2D eigenvalue weighted by molar-refractivity contribution is -0.139. The molecule has 1 aromatic carbocycles. The van der Waals surface area contributed by atoms with E-state index in [1.807, 2.05) is 0 Å². The predicted molar refractivity (Wildman–Crippen MR) is 70.3 cm³/mol. The molecule has 0 radical (unpaired) electrons. The van der Waals surface area contributed by atoms with E-state index in [1.165, 1.54) is 19.2 Å². The van der Waals surface area contributed by atoms with Crippen molar-refractivity contribution in [1.82, 2.24) is 5.32 Å². The number of ether oxygens (including phenoxy) is 1. The van der Waals surface area contributed by atoms with Crippen molar-refractivity contribution >= 4 is 17.8 Å². The van der Waals surface area contributed by atoms with Crippen molar-refractivity contribution in [2.75, 3.05) is 7.11 Å². The van der Waals surface area contributed by atoms with E-state index in [1.54, 1.807) is 0 Å². The van der Waals surface area contributed by atoms with Crippen LogP contribution in [0.4, 0.5) is 4.39 Å². The first-order valence-corrected chi connectivity index (χ1v) is 6.01. The minimum atomic E-state index is -1.35. The van der Waals surface area contributed by atoms with Crippen LogP contribution in [0.25, 0.3) is 0 Å². The molecule has 0 saturated carbocycles. The number of carboxylic acids is 1. The number of rotatable bonds is 7. The minimum Gasteiger partial charge on any atom is -0.496 e. The van der Waals surface area contributed by atoms with Crippen molar-refractivity contribution in [2.24, 2.45) is 5.73 Å². The molecule has 8 heteroatoms. The second-order valence-electron chi connectivity index (χ2n) is 4.19. The molecule has 1 aromatic rings. The van der Waals surface area contributed by atoms with Gasteiger partial charge in [-0.1, -0.05) is 6.07 Å². The Labute approximate surface area is 119 Å². The van der Waals surface area contributed by atoms with Crippen molar-refractivity contribution in [2.45, 2.75) is 18.9 Å². The van der Waals surface area contributed by atoms with Gasteiger partial charge in [-0.3, -0.25) is 9.59 Å². The van der Waals surface area contributed by atoms with Crippen LogP contribution in [0.15, 0.2) is 18.2 Å². The van der Waals surface area contributed by atoms with Gasteiger partial charge >= 0.3 is 5.97 Å². The topological polar surface area (TPSA) is 119 Å². The molecule has 0 aromatic heterocycles. The lowest BCUT2D eigenvalue weighted by atomic mass is 10.1. The molecule has 21 heavy (non-hydrogen) atoms. The highest BCUT2D eigenvalue weighted by Gasteiger charge is 2.24. The van der Waals surface area contributed by atoms with Crippen LogP contribution >= 0.6 is 0 Å². The maximum absolute atomic E-state index is 13.7. The number of primary amides is 1. The van der Waals surface area contributed by atoms with Crippen LogP contribution in [0, 0.1) is 5.82 Å². The van der Waals surface area contributed by atoms with E-state index < -0.39 is 35.2 Å². The van der Waals surface area contributed by atoms with Gasteiger partial charge in [-0.15, -0.1) is 0 Å². The van der Waals surface area contributed by atoms with Crippen LogP contribution in [-0.4, -0.2) is 36.0 Å². The van der Waals surface area contributed by atoms with Crippen LogP contribution in [-0.2, 0) is 9.59 Å². The van der Waals surface area contributed by atoms with Gasteiger partial charge in [-0.25, -0.2) is 9.18 Å². The zero-order chi connectivity index (χ0) is 16.0. The fourth-order valence-corrected chi connectivity index (χ4v) is 1.67. The number of amides is 2. The maximum atomic E-state index is 13.7. The minimum absolute atomic E-state index is 0.0217. The number of aliphatic carboxylic acids is 1.